The van der Waals surface area contributed by atoms with E-state index in [0.717, 1.165) is 23.2 Å². The topological polar surface area (TPSA) is 89.2 Å². The number of aromatic nitrogens is 3. The highest BCUT2D eigenvalue weighted by atomic mass is 19.1. The van der Waals surface area contributed by atoms with Crippen molar-refractivity contribution in [3.8, 4) is 22.9 Å². The summed E-state index contributed by atoms with van der Waals surface area (Å²) in [7, 11) is 0. The average molecular weight is 462 g/mol. The molecule has 2 aromatic heterocycles. The number of carbonyl (C=O) groups is 1. The lowest BCUT2D eigenvalue weighted by Gasteiger charge is -2.38. The molecule has 0 radical (unpaired) electrons. The minimum atomic E-state index is -0.913. The number of imidazole rings is 1. The molecule has 9 heteroatoms. The number of rotatable bonds is 7. The highest BCUT2D eigenvalue weighted by Crippen LogP contribution is 2.26. The lowest BCUT2D eigenvalue weighted by atomic mass is 10.1. The van der Waals surface area contributed by atoms with Gasteiger partial charge in [0.1, 0.15) is 24.3 Å². The number of likely N-dealkylation sites (tertiary alicyclic amines) is 1. The normalized spacial score (nSPS) is 16.2. The van der Waals surface area contributed by atoms with Gasteiger partial charge in [0.2, 0.25) is 5.88 Å². The highest BCUT2D eigenvalue weighted by molar-refractivity contribution is 5.66. The molecule has 1 N–H and O–H groups in total. The standard InChI is InChI=1S/C25H23FN4O4/c1-16(18-3-2-4-19(26)13-18)34-24-10-9-23-27-14-22(30(23)28-24)17-5-7-21(8-6-17)33-15-20-11-12-29(20)25(31)32/h2-10,13-14,16,20H,11-12,15H2,1H3,(H,31,32)/t16-,20+/m1/s1. The van der Waals surface area contributed by atoms with Gasteiger partial charge in [0.25, 0.3) is 0 Å². The molecule has 1 saturated heterocycles. The molecule has 2 aromatic carbocycles. The zero-order valence-electron chi connectivity index (χ0n) is 18.5. The minimum absolute atomic E-state index is 0.103. The summed E-state index contributed by atoms with van der Waals surface area (Å²) in [4.78, 5) is 16.9. The average Bonchev–Trinajstić information content (AvgIpc) is 3.22. The van der Waals surface area contributed by atoms with Crippen molar-refractivity contribution in [1.29, 1.82) is 0 Å². The maximum Gasteiger partial charge on any atom is 0.407 e. The fourth-order valence-electron chi connectivity index (χ4n) is 3.91. The number of carboxylic acid groups (broad SMARTS) is 1. The van der Waals surface area contributed by atoms with Gasteiger partial charge in [0.15, 0.2) is 5.65 Å². The van der Waals surface area contributed by atoms with Crippen LogP contribution in [0.2, 0.25) is 0 Å². The van der Waals surface area contributed by atoms with Crippen LogP contribution in [-0.4, -0.2) is 49.9 Å². The van der Waals surface area contributed by atoms with Gasteiger partial charge in [-0.05, 0) is 61.4 Å². The molecular formula is C25H23FN4O4. The summed E-state index contributed by atoms with van der Waals surface area (Å²) in [5.41, 5.74) is 3.05. The highest BCUT2D eigenvalue weighted by Gasteiger charge is 2.32. The Morgan fingerprint density at radius 2 is 2.03 bits per heavy atom. The predicted molar refractivity (Wildman–Crippen MR) is 122 cm³/mol. The Balaban J connectivity index is 1.30. The quantitative estimate of drug-likeness (QED) is 0.424. The van der Waals surface area contributed by atoms with Crippen LogP contribution in [0.4, 0.5) is 9.18 Å². The first-order chi connectivity index (χ1) is 16.5. The van der Waals surface area contributed by atoms with Gasteiger partial charge in [-0.15, -0.1) is 5.10 Å². The van der Waals surface area contributed by atoms with E-state index in [1.165, 1.54) is 17.0 Å². The molecule has 8 nitrogen and oxygen atoms in total. The van der Waals surface area contributed by atoms with Gasteiger partial charge < -0.3 is 19.5 Å². The molecule has 2 atom stereocenters. The first kappa shape index (κ1) is 21.7. The first-order valence-electron chi connectivity index (χ1n) is 11.0. The van der Waals surface area contributed by atoms with E-state index in [4.69, 9.17) is 14.6 Å². The second-order valence-corrected chi connectivity index (χ2v) is 8.15. The van der Waals surface area contributed by atoms with Crippen molar-refractivity contribution in [3.63, 3.8) is 0 Å². The third-order valence-corrected chi connectivity index (χ3v) is 5.94. The zero-order chi connectivity index (χ0) is 23.7. The third-order valence-electron chi connectivity index (χ3n) is 5.94. The van der Waals surface area contributed by atoms with Crippen molar-refractivity contribution in [3.05, 3.63) is 78.2 Å². The van der Waals surface area contributed by atoms with Crippen LogP contribution in [0.25, 0.3) is 16.9 Å². The summed E-state index contributed by atoms with van der Waals surface area (Å²) in [5.74, 6) is 0.746. The third kappa shape index (κ3) is 4.36. The van der Waals surface area contributed by atoms with Gasteiger partial charge >= 0.3 is 6.09 Å². The molecule has 0 bridgehead atoms. The lowest BCUT2D eigenvalue weighted by molar-refractivity contribution is 0.0499. The summed E-state index contributed by atoms with van der Waals surface area (Å²) in [5, 5.41) is 13.7. The Hall–Kier alpha value is -4.14. The van der Waals surface area contributed by atoms with E-state index < -0.39 is 6.09 Å². The van der Waals surface area contributed by atoms with Crippen molar-refractivity contribution in [2.24, 2.45) is 0 Å². The van der Waals surface area contributed by atoms with Crippen LogP contribution < -0.4 is 9.47 Å². The largest absolute Gasteiger partial charge is 0.491 e. The van der Waals surface area contributed by atoms with E-state index in [1.807, 2.05) is 43.3 Å². The number of benzene rings is 2. The van der Waals surface area contributed by atoms with Crippen molar-refractivity contribution in [1.82, 2.24) is 19.5 Å². The summed E-state index contributed by atoms with van der Waals surface area (Å²) < 4.78 is 27.0. The number of hydrogen-bond acceptors (Lipinski definition) is 5. The molecule has 0 aliphatic carbocycles. The summed E-state index contributed by atoms with van der Waals surface area (Å²) >= 11 is 0. The van der Waals surface area contributed by atoms with Crippen LogP contribution in [0.3, 0.4) is 0 Å². The van der Waals surface area contributed by atoms with Crippen LogP contribution in [-0.2, 0) is 0 Å². The molecule has 1 fully saturated rings. The smallest absolute Gasteiger partial charge is 0.407 e. The van der Waals surface area contributed by atoms with E-state index in [2.05, 4.69) is 10.1 Å². The Kier molecular flexibility index (Phi) is 5.75. The summed E-state index contributed by atoms with van der Waals surface area (Å²) in [6.07, 6.45) is 1.25. The van der Waals surface area contributed by atoms with Crippen LogP contribution in [0.1, 0.15) is 25.0 Å². The molecule has 174 valence electrons. The van der Waals surface area contributed by atoms with Crippen molar-refractivity contribution < 1.29 is 23.8 Å². The van der Waals surface area contributed by atoms with Crippen molar-refractivity contribution in [2.75, 3.05) is 13.2 Å². The molecule has 0 saturated carbocycles. The molecule has 0 unspecified atom stereocenters. The first-order valence-corrected chi connectivity index (χ1v) is 11.0. The number of halogens is 1. The fraction of sp³-hybridized carbons (Fsp3) is 0.240. The second kappa shape index (κ2) is 9.01. The number of amides is 1. The monoisotopic (exact) mass is 462 g/mol. The van der Waals surface area contributed by atoms with Crippen molar-refractivity contribution >= 4 is 11.7 Å². The lowest BCUT2D eigenvalue weighted by Crippen LogP contribution is -2.53. The van der Waals surface area contributed by atoms with Crippen LogP contribution in [0.5, 0.6) is 11.6 Å². The number of fused-ring (bicyclic) bond motifs is 1. The van der Waals surface area contributed by atoms with E-state index in [-0.39, 0.29) is 18.0 Å². The fourth-order valence-corrected chi connectivity index (χ4v) is 3.91. The molecule has 0 spiro atoms. The van der Waals surface area contributed by atoms with E-state index in [1.54, 1.807) is 22.8 Å². The number of hydrogen-bond donors (Lipinski definition) is 1. The van der Waals surface area contributed by atoms with E-state index in [9.17, 15) is 9.18 Å². The maximum absolute atomic E-state index is 13.5. The zero-order valence-corrected chi connectivity index (χ0v) is 18.5. The van der Waals surface area contributed by atoms with Gasteiger partial charge in [-0.2, -0.15) is 0 Å². The van der Waals surface area contributed by atoms with E-state index in [0.29, 0.717) is 30.4 Å². The van der Waals surface area contributed by atoms with E-state index >= 15 is 0 Å². The Morgan fingerprint density at radius 1 is 1.21 bits per heavy atom. The van der Waals surface area contributed by atoms with Crippen LogP contribution in [0, 0.1) is 5.82 Å². The molecule has 4 aromatic rings. The number of ether oxygens (including phenoxy) is 2. The van der Waals surface area contributed by atoms with Gasteiger partial charge in [-0.1, -0.05) is 12.1 Å². The van der Waals surface area contributed by atoms with Gasteiger partial charge in [0.05, 0.1) is 17.9 Å². The van der Waals surface area contributed by atoms with Gasteiger partial charge in [0, 0.05) is 18.2 Å². The molecule has 1 aliphatic heterocycles. The van der Waals surface area contributed by atoms with Gasteiger partial charge in [-0.3, -0.25) is 0 Å². The Bertz CT molecular complexity index is 1320. The summed E-state index contributed by atoms with van der Waals surface area (Å²) in [6, 6.07) is 17.2. The maximum atomic E-state index is 13.5. The predicted octanol–water partition coefficient (Wildman–Crippen LogP) is 4.81. The molecular weight excluding hydrogens is 439 g/mol. The number of nitrogens with zero attached hydrogens (tertiary/aromatic N) is 4. The van der Waals surface area contributed by atoms with Crippen LogP contribution in [0.15, 0.2) is 66.9 Å². The van der Waals surface area contributed by atoms with Crippen molar-refractivity contribution in [2.45, 2.75) is 25.5 Å². The molecule has 1 aliphatic rings. The summed E-state index contributed by atoms with van der Waals surface area (Å²) in [6.45, 7) is 2.72. The SMILES string of the molecule is C[C@@H](Oc1ccc2ncc(-c3ccc(OC[C@@H]4CCN4C(=O)O)cc3)n2n1)c1cccc(F)c1. The van der Waals surface area contributed by atoms with Gasteiger partial charge in [-0.25, -0.2) is 18.7 Å². The van der Waals surface area contributed by atoms with Crippen LogP contribution >= 0.6 is 0 Å². The Morgan fingerprint density at radius 3 is 2.74 bits per heavy atom. The molecule has 5 rings (SSSR count). The Labute approximate surface area is 195 Å². The second-order valence-electron chi connectivity index (χ2n) is 8.15. The molecule has 1 amide bonds. The molecule has 3 heterocycles. The minimum Gasteiger partial charge on any atom is -0.491 e. The molecule has 34 heavy (non-hydrogen) atoms.